The Morgan fingerprint density at radius 1 is 1.31 bits per heavy atom. The highest BCUT2D eigenvalue weighted by Crippen LogP contribution is 2.38. The van der Waals surface area contributed by atoms with E-state index in [9.17, 15) is 0 Å². The van der Waals surface area contributed by atoms with E-state index in [4.69, 9.17) is 40.1 Å². The van der Waals surface area contributed by atoms with Crippen molar-refractivity contribution in [3.63, 3.8) is 0 Å². The van der Waals surface area contributed by atoms with E-state index < -0.39 is 0 Å². The molecule has 0 saturated carbocycles. The number of hydrogen-bond donors (Lipinski definition) is 2. The van der Waals surface area contributed by atoms with Crippen LogP contribution in [0.2, 0.25) is 10.0 Å². The van der Waals surface area contributed by atoms with Crippen LogP contribution >= 0.6 is 35.4 Å². The Balaban J connectivity index is 0.00000118. The van der Waals surface area contributed by atoms with E-state index in [2.05, 4.69) is 36.2 Å². The molecular weight excluding hydrogens is 392 g/mol. The number of fused-ring (bicyclic) bond motifs is 1. The zero-order valence-corrected chi connectivity index (χ0v) is 16.3. The number of halogens is 3. The van der Waals surface area contributed by atoms with Gasteiger partial charge in [-0.3, -0.25) is 4.72 Å². The Bertz CT molecular complexity index is 792. The van der Waals surface area contributed by atoms with Crippen molar-refractivity contribution in [1.82, 2.24) is 10.2 Å². The lowest BCUT2D eigenvalue weighted by Crippen LogP contribution is -2.31. The van der Waals surface area contributed by atoms with Crippen molar-refractivity contribution in [2.45, 2.75) is 19.9 Å². The molecule has 7 heteroatoms. The molecule has 1 aliphatic heterocycles. The van der Waals surface area contributed by atoms with Crippen molar-refractivity contribution in [3.05, 3.63) is 63.1 Å². The largest absolute Gasteiger partial charge is 0.366 e. The van der Waals surface area contributed by atoms with Gasteiger partial charge in [0.15, 0.2) is 5.11 Å². The summed E-state index contributed by atoms with van der Waals surface area (Å²) in [5.74, 6) is 0.222. The van der Waals surface area contributed by atoms with Gasteiger partial charge in [0.05, 0.1) is 0 Å². The molecule has 1 heterocycles. The molecular formula is C19H24Cl2FN3S. The standard InChI is InChI=1S/C18H19Cl2N3S.CH4.FH/c1-21-18(24)22-13-5-3-4-11(6-13)15-9-23(2)10-16-14(15)7-12(19)8-17(16)20;;/h3-8,15H,9-10H2,1-2H3,(H2,21,22,24);1H4;1H/i/hT. The Kier molecular flexibility index (Phi) is 7.65. The predicted octanol–water partition coefficient (Wildman–Crippen LogP) is 5.28. The van der Waals surface area contributed by atoms with Gasteiger partial charge in [0.2, 0.25) is 0 Å². The van der Waals surface area contributed by atoms with Gasteiger partial charge in [-0.15, -0.1) is 0 Å². The van der Waals surface area contributed by atoms with Crippen molar-refractivity contribution >= 4 is 46.2 Å². The first kappa shape index (κ1) is 20.9. The van der Waals surface area contributed by atoms with E-state index in [1.165, 1.54) is 11.1 Å². The minimum atomic E-state index is 0. The summed E-state index contributed by atoms with van der Waals surface area (Å²) < 4.78 is 13.0. The summed E-state index contributed by atoms with van der Waals surface area (Å²) in [7, 11) is 3.91. The predicted molar refractivity (Wildman–Crippen MR) is 116 cm³/mol. The smallest absolute Gasteiger partial charge is 0.269 e. The highest BCUT2D eigenvalue weighted by Gasteiger charge is 2.27. The molecule has 0 saturated heterocycles. The van der Waals surface area contributed by atoms with Gasteiger partial charge in [-0.1, -0.05) is 42.8 Å². The van der Waals surface area contributed by atoms with Crippen molar-refractivity contribution in [2.24, 2.45) is 0 Å². The number of anilines is 1. The summed E-state index contributed by atoms with van der Waals surface area (Å²) in [6.45, 7) is 1.76. The topological polar surface area (TPSA) is 27.3 Å². The molecule has 26 heavy (non-hydrogen) atoms. The van der Waals surface area contributed by atoms with Gasteiger partial charge >= 0.3 is 0 Å². The maximum Gasteiger partial charge on any atom is 0.269 e. The fourth-order valence-corrected chi connectivity index (χ4v) is 3.84. The normalized spacial score (nSPS) is 16.2. The maximum atomic E-state index is 8.75. The molecule has 1 unspecified atom stereocenters. The van der Waals surface area contributed by atoms with E-state index in [1.807, 2.05) is 24.3 Å². The Hall–Kier alpha value is -1.40. The molecule has 0 amide bonds. The first-order valence-electron chi connectivity index (χ1n) is 8.10. The summed E-state index contributed by atoms with van der Waals surface area (Å²) in [4.78, 5) is 2.28. The van der Waals surface area contributed by atoms with Gasteiger partial charge in [-0.05, 0) is 60.2 Å². The molecule has 1 aliphatic rings. The van der Waals surface area contributed by atoms with Gasteiger partial charge in [0.25, 0.3) is 1.45 Å². The molecule has 2 N–H and O–H groups in total. The zero-order chi connectivity index (χ0) is 19.3. The number of likely N-dealkylation sites (N-methyl/N-ethyl adjacent to an activating group) is 1. The number of rotatable bonds is 2. The summed E-state index contributed by atoms with van der Waals surface area (Å²) in [5.41, 5.74) is 4.54. The van der Waals surface area contributed by atoms with Crippen molar-refractivity contribution < 1.29 is 4.72 Å². The van der Waals surface area contributed by atoms with Gasteiger partial charge < -0.3 is 15.5 Å². The van der Waals surface area contributed by atoms with E-state index in [-0.39, 0.29) is 13.3 Å². The number of benzene rings is 2. The molecule has 0 radical (unpaired) electrons. The van der Waals surface area contributed by atoms with Crippen LogP contribution < -0.4 is 10.6 Å². The second kappa shape index (κ2) is 9.51. The highest BCUT2D eigenvalue weighted by molar-refractivity contribution is 7.80. The Morgan fingerprint density at radius 3 is 2.73 bits per heavy atom. The molecule has 2 aromatic carbocycles. The third-order valence-corrected chi connectivity index (χ3v) is 5.13. The molecule has 0 bridgehead atoms. The van der Waals surface area contributed by atoms with Crippen molar-refractivity contribution in [2.75, 3.05) is 26.0 Å². The molecule has 0 aromatic heterocycles. The van der Waals surface area contributed by atoms with Crippen LogP contribution in [-0.4, -0.2) is 32.1 Å². The van der Waals surface area contributed by atoms with Crippen molar-refractivity contribution in [3.8, 4) is 0 Å². The van der Waals surface area contributed by atoms with E-state index in [0.29, 0.717) is 10.1 Å². The van der Waals surface area contributed by atoms with Crippen LogP contribution in [0.4, 0.5) is 10.4 Å². The molecule has 1 atom stereocenters. The number of nitrogens with one attached hydrogen (secondary N) is 2. The lowest BCUT2D eigenvalue weighted by molar-refractivity contribution is 0.295. The first-order chi connectivity index (χ1) is 12.5. The first-order valence-corrected chi connectivity index (χ1v) is 8.89. The van der Waals surface area contributed by atoms with Crippen LogP contribution in [0.3, 0.4) is 0 Å². The van der Waals surface area contributed by atoms with Crippen LogP contribution in [0.5, 0.6) is 0 Å². The fourth-order valence-electron chi connectivity index (χ4n) is 3.16. The van der Waals surface area contributed by atoms with E-state index >= 15 is 0 Å². The average molecular weight is 418 g/mol. The maximum absolute atomic E-state index is 8.75. The zero-order valence-electron chi connectivity index (χ0n) is 14.9. The van der Waals surface area contributed by atoms with Gasteiger partial charge in [-0.2, -0.15) is 0 Å². The minimum Gasteiger partial charge on any atom is -0.366 e. The van der Waals surface area contributed by atoms with Gasteiger partial charge in [-0.25, -0.2) is 0 Å². The third kappa shape index (κ3) is 4.86. The second-order valence-electron chi connectivity index (χ2n) is 6.03. The quantitative estimate of drug-likeness (QED) is 0.650. The SMILES string of the molecule is C.CNC(=S)Nc1cccc(C2CN(C)Cc3c(Cl)cc(Cl)cc32)c1.[3H]F. The van der Waals surface area contributed by atoms with Crippen LogP contribution in [0.15, 0.2) is 36.4 Å². The fraction of sp³-hybridized carbons (Fsp3) is 0.316. The van der Waals surface area contributed by atoms with Gasteiger partial charge in [0, 0.05) is 41.8 Å². The Morgan fingerprint density at radius 2 is 2.04 bits per heavy atom. The lowest BCUT2D eigenvalue weighted by Gasteiger charge is -2.33. The molecule has 0 aliphatic carbocycles. The molecule has 3 nitrogen and oxygen atoms in total. The van der Waals surface area contributed by atoms with Crippen LogP contribution in [0.25, 0.3) is 0 Å². The highest BCUT2D eigenvalue weighted by atomic mass is 35.5. The minimum absolute atomic E-state index is 0. The van der Waals surface area contributed by atoms with Crippen LogP contribution in [-0.2, 0) is 6.54 Å². The number of hydrogen-bond acceptors (Lipinski definition) is 2. The molecule has 142 valence electrons. The Labute approximate surface area is 171 Å². The number of thiocarbonyl (C=S) groups is 1. The van der Waals surface area contributed by atoms with E-state index in [1.54, 1.807) is 7.05 Å². The molecule has 2 aromatic rings. The third-order valence-electron chi connectivity index (χ3n) is 4.27. The van der Waals surface area contributed by atoms with Crippen LogP contribution in [0.1, 0.15) is 30.0 Å². The summed E-state index contributed by atoms with van der Waals surface area (Å²) >= 11 is 17.9. The molecule has 0 spiro atoms. The summed E-state index contributed by atoms with van der Waals surface area (Å²) in [5, 5.41) is 8.12. The summed E-state index contributed by atoms with van der Waals surface area (Å²) in [6, 6.07) is 12.2. The average Bonchev–Trinajstić information content (AvgIpc) is 2.63. The second-order valence-corrected chi connectivity index (χ2v) is 7.29. The van der Waals surface area contributed by atoms with Crippen molar-refractivity contribution in [1.29, 1.82) is 1.45 Å². The van der Waals surface area contributed by atoms with Crippen LogP contribution in [0, 0.1) is 0 Å². The molecule has 3 rings (SSSR count). The van der Waals surface area contributed by atoms with Gasteiger partial charge in [0.1, 0.15) is 0 Å². The monoisotopic (exact) mass is 417 g/mol. The summed E-state index contributed by atoms with van der Waals surface area (Å²) in [6.07, 6.45) is 0. The van der Waals surface area contributed by atoms with E-state index in [0.717, 1.165) is 29.4 Å². The molecule has 0 fully saturated rings. The lowest BCUT2D eigenvalue weighted by atomic mass is 9.84. The number of nitrogens with zero attached hydrogens (tertiary/aromatic N) is 1.